The lowest BCUT2D eigenvalue weighted by molar-refractivity contribution is 0.0697. The van der Waals surface area contributed by atoms with Crippen LogP contribution in [0.5, 0.6) is 0 Å². The smallest absolute Gasteiger partial charge is 0.339 e. The van der Waals surface area contributed by atoms with Crippen molar-refractivity contribution in [2.24, 2.45) is 0 Å². The molecule has 1 unspecified atom stereocenters. The van der Waals surface area contributed by atoms with Gasteiger partial charge in [-0.1, -0.05) is 6.92 Å². The molecule has 1 N–H and O–H groups in total. The Morgan fingerprint density at radius 2 is 2.11 bits per heavy atom. The van der Waals surface area contributed by atoms with Crippen molar-refractivity contribution < 1.29 is 9.90 Å². The van der Waals surface area contributed by atoms with Crippen LogP contribution in [-0.4, -0.2) is 25.8 Å². The average Bonchev–Trinajstić information content (AvgIpc) is 2.84. The van der Waals surface area contributed by atoms with E-state index in [-0.39, 0.29) is 11.6 Å². The first-order chi connectivity index (χ1) is 8.63. The maximum absolute atomic E-state index is 11.3. The third-order valence-corrected chi connectivity index (χ3v) is 2.96. The second kappa shape index (κ2) is 5.00. The van der Waals surface area contributed by atoms with Gasteiger partial charge in [0.2, 0.25) is 0 Å². The molecule has 2 aromatic heterocycles. The number of carbonyl (C=O) groups is 1. The topological polar surface area (TPSA) is 68.0 Å². The zero-order valence-corrected chi connectivity index (χ0v) is 10.4. The number of carboxylic acids is 1. The highest BCUT2D eigenvalue weighted by molar-refractivity contribution is 5.94. The van der Waals surface area contributed by atoms with Crippen molar-refractivity contribution in [3.05, 3.63) is 36.3 Å². The van der Waals surface area contributed by atoms with E-state index >= 15 is 0 Å². The Bertz CT molecular complexity index is 549. The normalized spacial score (nSPS) is 12.3. The lowest BCUT2D eigenvalue weighted by Gasteiger charge is -2.07. The summed E-state index contributed by atoms with van der Waals surface area (Å²) < 4.78 is 1.71. The fourth-order valence-electron chi connectivity index (χ4n) is 1.68. The fraction of sp³-hybridized carbons (Fsp3) is 0.308. The van der Waals surface area contributed by atoms with Crippen molar-refractivity contribution in [1.82, 2.24) is 14.8 Å². The van der Waals surface area contributed by atoms with E-state index in [0.29, 0.717) is 5.69 Å². The van der Waals surface area contributed by atoms with Crippen molar-refractivity contribution in [1.29, 1.82) is 0 Å². The van der Waals surface area contributed by atoms with Gasteiger partial charge in [0.1, 0.15) is 11.3 Å². The number of rotatable bonds is 4. The van der Waals surface area contributed by atoms with E-state index in [2.05, 4.69) is 10.1 Å². The van der Waals surface area contributed by atoms with Crippen molar-refractivity contribution in [2.75, 3.05) is 0 Å². The Morgan fingerprint density at radius 3 is 2.67 bits per heavy atom. The van der Waals surface area contributed by atoms with Gasteiger partial charge in [-0.3, -0.25) is 9.67 Å². The lowest BCUT2D eigenvalue weighted by atomic mass is 10.1. The summed E-state index contributed by atoms with van der Waals surface area (Å²) in [6.07, 6.45) is 5.75. The summed E-state index contributed by atoms with van der Waals surface area (Å²) in [5.74, 6) is -0.962. The maximum atomic E-state index is 11.3. The number of aromatic carboxylic acids is 1. The molecule has 0 amide bonds. The SMILES string of the molecule is CCC(C)n1cc(C(=O)O)c(-c2ccncc2)n1. The standard InChI is InChI=1S/C13H15N3O2/c1-3-9(2)16-8-11(13(17)18)12(15-16)10-4-6-14-7-5-10/h4-9H,3H2,1-2H3,(H,17,18). The molecule has 0 fully saturated rings. The van der Waals surface area contributed by atoms with Gasteiger partial charge in [0.15, 0.2) is 0 Å². The first-order valence-electron chi connectivity index (χ1n) is 5.86. The van der Waals surface area contributed by atoms with Gasteiger partial charge in [-0.05, 0) is 25.5 Å². The molecule has 2 heterocycles. The highest BCUT2D eigenvalue weighted by Crippen LogP contribution is 2.23. The van der Waals surface area contributed by atoms with E-state index in [4.69, 9.17) is 0 Å². The monoisotopic (exact) mass is 245 g/mol. The van der Waals surface area contributed by atoms with Crippen LogP contribution in [0.15, 0.2) is 30.7 Å². The third-order valence-electron chi connectivity index (χ3n) is 2.96. The van der Waals surface area contributed by atoms with Gasteiger partial charge in [0.05, 0.1) is 0 Å². The summed E-state index contributed by atoms with van der Waals surface area (Å²) in [6.45, 7) is 4.05. The number of hydrogen-bond acceptors (Lipinski definition) is 3. The number of carboxylic acid groups (broad SMARTS) is 1. The first kappa shape index (κ1) is 12.3. The molecule has 5 heteroatoms. The fourth-order valence-corrected chi connectivity index (χ4v) is 1.68. The minimum atomic E-state index is -0.962. The van der Waals surface area contributed by atoms with Crippen molar-refractivity contribution >= 4 is 5.97 Å². The molecule has 0 aliphatic carbocycles. The molecule has 0 saturated heterocycles. The van der Waals surface area contributed by atoms with Crippen LogP contribution in [0.3, 0.4) is 0 Å². The molecule has 0 aromatic carbocycles. The molecule has 18 heavy (non-hydrogen) atoms. The molecule has 0 bridgehead atoms. The number of nitrogens with zero attached hydrogens (tertiary/aromatic N) is 3. The second-order valence-electron chi connectivity index (χ2n) is 4.17. The summed E-state index contributed by atoms with van der Waals surface area (Å²) in [4.78, 5) is 15.2. The van der Waals surface area contributed by atoms with Gasteiger partial charge >= 0.3 is 5.97 Å². The van der Waals surface area contributed by atoms with Crippen molar-refractivity contribution in [3.63, 3.8) is 0 Å². The van der Waals surface area contributed by atoms with E-state index in [1.165, 1.54) is 0 Å². The van der Waals surface area contributed by atoms with E-state index in [1.807, 2.05) is 13.8 Å². The van der Waals surface area contributed by atoms with Gasteiger partial charge < -0.3 is 5.11 Å². The summed E-state index contributed by atoms with van der Waals surface area (Å²) in [7, 11) is 0. The Morgan fingerprint density at radius 1 is 1.44 bits per heavy atom. The number of pyridine rings is 1. The number of aromatic nitrogens is 3. The molecule has 2 aromatic rings. The van der Waals surface area contributed by atoms with Gasteiger partial charge in [0.25, 0.3) is 0 Å². The molecule has 0 saturated carbocycles. The van der Waals surface area contributed by atoms with Crippen LogP contribution in [0, 0.1) is 0 Å². The molecule has 1 atom stereocenters. The lowest BCUT2D eigenvalue weighted by Crippen LogP contribution is -2.04. The van der Waals surface area contributed by atoms with Gasteiger partial charge in [0, 0.05) is 30.2 Å². The van der Waals surface area contributed by atoms with Crippen LogP contribution in [0.4, 0.5) is 0 Å². The van der Waals surface area contributed by atoms with E-state index in [9.17, 15) is 9.90 Å². The average molecular weight is 245 g/mol. The van der Waals surface area contributed by atoms with Gasteiger partial charge in [-0.2, -0.15) is 5.10 Å². The molecule has 5 nitrogen and oxygen atoms in total. The minimum Gasteiger partial charge on any atom is -0.478 e. The molecule has 0 aliphatic heterocycles. The van der Waals surface area contributed by atoms with Crippen LogP contribution in [0.2, 0.25) is 0 Å². The quantitative estimate of drug-likeness (QED) is 0.899. The molecule has 94 valence electrons. The van der Waals surface area contributed by atoms with Crippen molar-refractivity contribution in [2.45, 2.75) is 26.3 Å². The first-order valence-corrected chi connectivity index (χ1v) is 5.86. The largest absolute Gasteiger partial charge is 0.478 e. The Balaban J connectivity index is 2.52. The zero-order chi connectivity index (χ0) is 13.1. The number of hydrogen-bond donors (Lipinski definition) is 1. The molecular formula is C13H15N3O2. The highest BCUT2D eigenvalue weighted by atomic mass is 16.4. The van der Waals surface area contributed by atoms with Crippen molar-refractivity contribution in [3.8, 4) is 11.3 Å². The summed E-state index contributed by atoms with van der Waals surface area (Å²) in [6, 6.07) is 3.70. The minimum absolute atomic E-state index is 0.179. The van der Waals surface area contributed by atoms with E-state index in [1.54, 1.807) is 35.4 Å². The maximum Gasteiger partial charge on any atom is 0.339 e. The van der Waals surface area contributed by atoms with E-state index in [0.717, 1.165) is 12.0 Å². The predicted octanol–water partition coefficient (Wildman–Crippen LogP) is 2.61. The van der Waals surface area contributed by atoms with Crippen LogP contribution < -0.4 is 0 Å². The third kappa shape index (κ3) is 2.25. The molecule has 0 spiro atoms. The van der Waals surface area contributed by atoms with Gasteiger partial charge in [-0.25, -0.2) is 4.79 Å². The molecule has 0 radical (unpaired) electrons. The van der Waals surface area contributed by atoms with Crippen LogP contribution >= 0.6 is 0 Å². The van der Waals surface area contributed by atoms with Gasteiger partial charge in [-0.15, -0.1) is 0 Å². The molecule has 2 rings (SSSR count). The van der Waals surface area contributed by atoms with Crippen LogP contribution in [0.25, 0.3) is 11.3 Å². The summed E-state index contributed by atoms with van der Waals surface area (Å²) >= 11 is 0. The highest BCUT2D eigenvalue weighted by Gasteiger charge is 2.18. The summed E-state index contributed by atoms with van der Waals surface area (Å²) in [5.41, 5.74) is 1.48. The Hall–Kier alpha value is -2.17. The van der Waals surface area contributed by atoms with Crippen LogP contribution in [0.1, 0.15) is 36.7 Å². The van der Waals surface area contributed by atoms with Crippen LogP contribution in [-0.2, 0) is 0 Å². The zero-order valence-electron chi connectivity index (χ0n) is 10.4. The Labute approximate surface area is 105 Å². The molecular weight excluding hydrogens is 230 g/mol. The van der Waals surface area contributed by atoms with E-state index < -0.39 is 5.97 Å². The molecule has 0 aliphatic rings. The predicted molar refractivity (Wildman–Crippen MR) is 67.4 cm³/mol. The second-order valence-corrected chi connectivity index (χ2v) is 4.17. The Kier molecular flexibility index (Phi) is 3.41. The summed E-state index contributed by atoms with van der Waals surface area (Å²) in [5, 5.41) is 13.6.